The van der Waals surface area contributed by atoms with Crippen LogP contribution in [0.1, 0.15) is 42.3 Å². The average molecular weight is 535 g/mol. The van der Waals surface area contributed by atoms with Crippen molar-refractivity contribution in [2.75, 3.05) is 12.4 Å². The second-order valence-electron chi connectivity index (χ2n) is 8.93. The number of nitrogens with one attached hydrogen (secondary N) is 1. The van der Waals surface area contributed by atoms with Crippen LogP contribution in [0.4, 0.5) is 13.2 Å². The van der Waals surface area contributed by atoms with Crippen LogP contribution in [0.15, 0.2) is 11.1 Å². The number of fused-ring (bicyclic) bond motifs is 1. The first-order valence-corrected chi connectivity index (χ1v) is 11.6. The third kappa shape index (κ3) is 7.60. The number of phenolic OH excluding ortho intramolecular Hbond substituents is 1. The molecule has 0 aliphatic carbocycles. The maximum absolute atomic E-state index is 13.0. The number of carboxylic acid groups (broad SMARTS) is 1. The minimum atomic E-state index is -5.36. The summed E-state index contributed by atoms with van der Waals surface area (Å²) in [6.45, 7) is 6.03. The van der Waals surface area contributed by atoms with Gasteiger partial charge in [-0.25, -0.2) is 14.4 Å². The molecule has 0 radical (unpaired) electrons. The van der Waals surface area contributed by atoms with Crippen LogP contribution in [0, 0.1) is 12.3 Å². The van der Waals surface area contributed by atoms with Gasteiger partial charge in [0.1, 0.15) is 24.1 Å². The monoisotopic (exact) mass is 534 g/mol. The summed E-state index contributed by atoms with van der Waals surface area (Å²) in [7, 11) is 0. The molecular weight excluding hydrogens is 509 g/mol. The normalized spacial score (nSPS) is 20.0. The van der Waals surface area contributed by atoms with Gasteiger partial charge >= 0.3 is 24.1 Å². The van der Waals surface area contributed by atoms with Crippen LogP contribution >= 0.6 is 11.8 Å². The van der Waals surface area contributed by atoms with Gasteiger partial charge in [-0.1, -0.05) is 20.8 Å². The highest BCUT2D eigenvalue weighted by molar-refractivity contribution is 7.98. The number of carbonyl (C=O) groups excluding carboxylic acids is 3. The Morgan fingerprint density at radius 3 is 2.47 bits per heavy atom. The molecule has 0 saturated carbocycles. The SMILES string of the molecule is Cc1c(O)cc(OC(=O)C(F)(F)F)c2c1C(=O)OC[C@H](N=CC(C)(C)C)C(=O)N[C@H](C(=O)O)CSC2. The minimum Gasteiger partial charge on any atom is -0.508 e. The number of carboxylic acids is 1. The van der Waals surface area contributed by atoms with Crippen LogP contribution in [-0.4, -0.2) is 70.9 Å². The van der Waals surface area contributed by atoms with Crippen LogP contribution in [0.3, 0.4) is 0 Å². The number of aromatic hydroxyl groups is 1. The first-order valence-electron chi connectivity index (χ1n) is 10.5. The predicted molar refractivity (Wildman–Crippen MR) is 122 cm³/mol. The van der Waals surface area contributed by atoms with Gasteiger partial charge in [0.2, 0.25) is 5.91 Å². The lowest BCUT2D eigenvalue weighted by atomic mass is 9.99. The summed E-state index contributed by atoms with van der Waals surface area (Å²) in [4.78, 5) is 52.9. The van der Waals surface area contributed by atoms with Gasteiger partial charge in [0.15, 0.2) is 6.04 Å². The van der Waals surface area contributed by atoms with Crippen molar-refractivity contribution >= 4 is 41.8 Å². The number of carbonyl (C=O) groups is 4. The fourth-order valence-electron chi connectivity index (χ4n) is 2.91. The zero-order chi connectivity index (χ0) is 27.4. The molecule has 1 heterocycles. The van der Waals surface area contributed by atoms with Crippen molar-refractivity contribution in [3.63, 3.8) is 0 Å². The number of hydrogen-bond acceptors (Lipinski definition) is 9. The number of esters is 2. The molecule has 3 N–H and O–H groups in total. The van der Waals surface area contributed by atoms with Crippen molar-refractivity contribution in [1.29, 1.82) is 0 Å². The number of amides is 1. The highest BCUT2D eigenvalue weighted by Gasteiger charge is 2.42. The molecule has 1 aliphatic rings. The van der Waals surface area contributed by atoms with E-state index in [1.165, 1.54) is 13.1 Å². The Bertz CT molecular complexity index is 1080. The Morgan fingerprint density at radius 1 is 1.28 bits per heavy atom. The molecule has 1 aromatic carbocycles. The fourth-order valence-corrected chi connectivity index (χ4v) is 3.98. The summed E-state index contributed by atoms with van der Waals surface area (Å²) in [5.74, 6) is -7.83. The number of halogens is 3. The number of ether oxygens (including phenoxy) is 2. The summed E-state index contributed by atoms with van der Waals surface area (Å²) >= 11 is 0.837. The Labute approximate surface area is 208 Å². The number of thioether (sulfide) groups is 1. The standard InChI is InChI=1S/C22H25F3N2O8S/c1-10-14(28)5-15(35-20(33)22(23,24)25)11-7-36-8-13(18(30)31)27-17(29)12(26-9-21(2,3)4)6-34-19(32)16(10)11/h5,9,12-13,28H,6-8H2,1-4H3,(H,27,29)(H,30,31)/t12-,13-/m0/s1. The van der Waals surface area contributed by atoms with Gasteiger partial charge in [-0.15, -0.1) is 0 Å². The molecule has 0 spiro atoms. The summed E-state index contributed by atoms with van der Waals surface area (Å²) in [5, 5.41) is 22.0. The fraction of sp³-hybridized carbons (Fsp3) is 0.500. The molecule has 10 nitrogen and oxygen atoms in total. The van der Waals surface area contributed by atoms with Gasteiger partial charge in [-0.2, -0.15) is 24.9 Å². The molecule has 36 heavy (non-hydrogen) atoms. The van der Waals surface area contributed by atoms with Crippen LogP contribution < -0.4 is 10.1 Å². The zero-order valence-electron chi connectivity index (χ0n) is 19.8. The van der Waals surface area contributed by atoms with Crippen LogP contribution in [0.2, 0.25) is 0 Å². The average Bonchev–Trinajstić information content (AvgIpc) is 2.73. The smallest absolute Gasteiger partial charge is 0.491 e. The lowest BCUT2D eigenvalue weighted by molar-refractivity contribution is -0.189. The quantitative estimate of drug-likeness (QED) is 0.302. The number of aliphatic carboxylic acids is 1. The van der Waals surface area contributed by atoms with E-state index in [4.69, 9.17) is 4.74 Å². The van der Waals surface area contributed by atoms with E-state index in [1.807, 2.05) is 0 Å². The molecule has 14 heteroatoms. The van der Waals surface area contributed by atoms with E-state index >= 15 is 0 Å². The van der Waals surface area contributed by atoms with E-state index in [0.29, 0.717) is 0 Å². The topological polar surface area (TPSA) is 152 Å². The molecule has 0 unspecified atom stereocenters. The number of alkyl halides is 3. The van der Waals surface area contributed by atoms with E-state index in [9.17, 15) is 42.6 Å². The number of benzene rings is 1. The van der Waals surface area contributed by atoms with Gasteiger partial charge < -0.3 is 25.0 Å². The molecule has 1 amide bonds. The largest absolute Gasteiger partial charge is 0.508 e. The molecular formula is C22H25F3N2O8S. The molecule has 0 saturated heterocycles. The van der Waals surface area contributed by atoms with Gasteiger partial charge in [-0.05, 0) is 12.3 Å². The van der Waals surface area contributed by atoms with E-state index in [2.05, 4.69) is 15.0 Å². The van der Waals surface area contributed by atoms with E-state index < -0.39 is 65.6 Å². The number of aliphatic imine (C=N–C) groups is 1. The van der Waals surface area contributed by atoms with E-state index in [1.54, 1.807) is 20.8 Å². The van der Waals surface area contributed by atoms with Crippen molar-refractivity contribution in [2.24, 2.45) is 10.4 Å². The highest BCUT2D eigenvalue weighted by atomic mass is 32.2. The summed E-state index contributed by atoms with van der Waals surface area (Å²) < 4.78 is 48.1. The lowest BCUT2D eigenvalue weighted by Crippen LogP contribution is -2.48. The summed E-state index contributed by atoms with van der Waals surface area (Å²) in [6, 6.07) is -1.99. The number of cyclic esters (lactones) is 1. The third-order valence-electron chi connectivity index (χ3n) is 4.73. The number of hydrogen-bond donors (Lipinski definition) is 3. The molecule has 2 rings (SSSR count). The Morgan fingerprint density at radius 2 is 1.92 bits per heavy atom. The van der Waals surface area contributed by atoms with Gasteiger partial charge in [0.05, 0.1) is 5.56 Å². The molecule has 1 aromatic rings. The molecule has 0 bridgehead atoms. The molecule has 1 aliphatic heterocycles. The maximum Gasteiger partial charge on any atom is 0.491 e. The minimum absolute atomic E-state index is 0.0755. The number of rotatable bonds is 3. The van der Waals surface area contributed by atoms with Gasteiger partial charge in [-0.3, -0.25) is 9.79 Å². The van der Waals surface area contributed by atoms with Crippen molar-refractivity contribution in [3.05, 3.63) is 22.8 Å². The second kappa shape index (κ2) is 11.2. The third-order valence-corrected chi connectivity index (χ3v) is 5.79. The first-order chi connectivity index (χ1) is 16.5. The molecule has 0 fully saturated rings. The van der Waals surface area contributed by atoms with Crippen LogP contribution in [-0.2, 0) is 24.9 Å². The first kappa shape index (κ1) is 28.9. The Balaban J connectivity index is 2.58. The molecule has 0 aromatic heterocycles. The van der Waals surface area contributed by atoms with Crippen molar-refractivity contribution in [3.8, 4) is 11.5 Å². The predicted octanol–water partition coefficient (Wildman–Crippen LogP) is 2.63. The number of nitrogens with zero attached hydrogens (tertiary/aromatic N) is 1. The highest BCUT2D eigenvalue weighted by Crippen LogP contribution is 2.37. The van der Waals surface area contributed by atoms with Gasteiger partial charge in [0.25, 0.3) is 0 Å². The van der Waals surface area contributed by atoms with Crippen LogP contribution in [0.25, 0.3) is 0 Å². The molecule has 198 valence electrons. The Hall–Kier alpha value is -3.29. The maximum atomic E-state index is 13.0. The van der Waals surface area contributed by atoms with Crippen molar-refractivity contribution in [2.45, 2.75) is 51.7 Å². The molecule has 2 atom stereocenters. The zero-order valence-corrected chi connectivity index (χ0v) is 20.6. The van der Waals surface area contributed by atoms with Crippen molar-refractivity contribution < 1.29 is 52.0 Å². The number of phenols is 1. The van der Waals surface area contributed by atoms with Crippen LogP contribution in [0.5, 0.6) is 11.5 Å². The van der Waals surface area contributed by atoms with E-state index in [-0.39, 0.29) is 28.2 Å². The van der Waals surface area contributed by atoms with Gasteiger partial charge in [0, 0.05) is 34.9 Å². The Kier molecular flexibility index (Phi) is 8.99. The summed E-state index contributed by atoms with van der Waals surface area (Å²) in [6.07, 6.45) is -3.93. The van der Waals surface area contributed by atoms with Crippen molar-refractivity contribution in [1.82, 2.24) is 5.32 Å². The summed E-state index contributed by atoms with van der Waals surface area (Å²) in [5.41, 5.74) is -1.14. The second-order valence-corrected chi connectivity index (χ2v) is 9.96. The lowest BCUT2D eigenvalue weighted by Gasteiger charge is -2.22. The van der Waals surface area contributed by atoms with E-state index in [0.717, 1.165) is 17.8 Å².